The molecular formula is C8H11N3OS. The summed E-state index contributed by atoms with van der Waals surface area (Å²) in [6.45, 7) is 3.87. The van der Waals surface area contributed by atoms with Crippen LogP contribution in [0.3, 0.4) is 0 Å². The van der Waals surface area contributed by atoms with E-state index >= 15 is 0 Å². The van der Waals surface area contributed by atoms with E-state index in [0.717, 1.165) is 17.1 Å². The molecule has 5 heteroatoms. The van der Waals surface area contributed by atoms with Gasteiger partial charge in [0, 0.05) is 0 Å². The normalized spacial score (nSPS) is 20.5. The average molecular weight is 197 g/mol. The minimum absolute atomic E-state index is 0.00755. The number of hydrogen-bond donors (Lipinski definition) is 2. The van der Waals surface area contributed by atoms with Gasteiger partial charge in [-0.05, 0) is 24.9 Å². The van der Waals surface area contributed by atoms with Gasteiger partial charge in [-0.2, -0.15) is 4.37 Å². The molecule has 1 aromatic heterocycles. The lowest BCUT2D eigenvalue weighted by Crippen LogP contribution is -2.44. The summed E-state index contributed by atoms with van der Waals surface area (Å²) in [4.78, 5) is 11.6. The third kappa shape index (κ3) is 1.29. The summed E-state index contributed by atoms with van der Waals surface area (Å²) in [6.07, 6.45) is 0.933. The van der Waals surface area contributed by atoms with Gasteiger partial charge in [-0.1, -0.05) is 6.92 Å². The molecule has 2 rings (SSSR count). The number of hydrogen-bond acceptors (Lipinski definition) is 4. The second-order valence-electron chi connectivity index (χ2n) is 3.05. The van der Waals surface area contributed by atoms with Gasteiger partial charge >= 0.3 is 0 Å². The lowest BCUT2D eigenvalue weighted by atomic mass is 10.2. The third-order valence-electron chi connectivity index (χ3n) is 2.11. The van der Waals surface area contributed by atoms with Gasteiger partial charge in [-0.25, -0.2) is 0 Å². The van der Waals surface area contributed by atoms with Crippen LogP contribution in [0, 0.1) is 6.92 Å². The van der Waals surface area contributed by atoms with Crippen molar-refractivity contribution in [1.29, 1.82) is 0 Å². The van der Waals surface area contributed by atoms with E-state index in [1.54, 1.807) is 0 Å². The topological polar surface area (TPSA) is 54.0 Å². The van der Waals surface area contributed by atoms with Crippen LogP contribution in [-0.2, 0) is 0 Å². The summed E-state index contributed by atoms with van der Waals surface area (Å²) in [5, 5.41) is 6.98. The standard InChI is InChI=1S/C8H11N3OS/c1-3-5-9-7(12)6-4(2)11-13-8(6)10-5/h5,10H,3H2,1-2H3,(H,9,12). The molecule has 0 aliphatic carbocycles. The first-order chi connectivity index (χ1) is 6.22. The minimum Gasteiger partial charge on any atom is -0.355 e. The number of anilines is 1. The number of rotatable bonds is 1. The number of amides is 1. The number of aryl methyl sites for hydroxylation is 1. The summed E-state index contributed by atoms with van der Waals surface area (Å²) < 4.78 is 4.14. The Morgan fingerprint density at radius 2 is 2.31 bits per heavy atom. The molecule has 0 aromatic carbocycles. The Morgan fingerprint density at radius 3 is 3.00 bits per heavy atom. The van der Waals surface area contributed by atoms with E-state index in [1.807, 2.05) is 13.8 Å². The van der Waals surface area contributed by atoms with Crippen LogP contribution in [0.4, 0.5) is 5.00 Å². The van der Waals surface area contributed by atoms with Crippen LogP contribution in [0.1, 0.15) is 29.4 Å². The fourth-order valence-electron chi connectivity index (χ4n) is 1.36. The van der Waals surface area contributed by atoms with Crippen molar-refractivity contribution in [3.05, 3.63) is 11.3 Å². The van der Waals surface area contributed by atoms with Crippen LogP contribution in [0.25, 0.3) is 0 Å². The Hall–Kier alpha value is -1.10. The van der Waals surface area contributed by atoms with Crippen molar-refractivity contribution < 1.29 is 4.79 Å². The molecular weight excluding hydrogens is 186 g/mol. The number of carbonyl (C=O) groups is 1. The first kappa shape index (κ1) is 8.50. The summed E-state index contributed by atoms with van der Waals surface area (Å²) in [5.41, 5.74) is 1.51. The van der Waals surface area contributed by atoms with E-state index in [4.69, 9.17) is 0 Å². The van der Waals surface area contributed by atoms with Gasteiger partial charge in [-0.3, -0.25) is 4.79 Å². The number of fused-ring (bicyclic) bond motifs is 1. The molecule has 2 N–H and O–H groups in total. The molecule has 1 aromatic rings. The predicted molar refractivity (Wildman–Crippen MR) is 52.0 cm³/mol. The van der Waals surface area contributed by atoms with Crippen molar-refractivity contribution in [2.24, 2.45) is 0 Å². The Bertz CT molecular complexity index is 347. The zero-order chi connectivity index (χ0) is 9.42. The van der Waals surface area contributed by atoms with Crippen LogP contribution in [-0.4, -0.2) is 16.4 Å². The van der Waals surface area contributed by atoms with E-state index in [0.29, 0.717) is 5.56 Å². The van der Waals surface area contributed by atoms with E-state index < -0.39 is 0 Å². The molecule has 1 aliphatic heterocycles. The molecule has 13 heavy (non-hydrogen) atoms. The van der Waals surface area contributed by atoms with Crippen LogP contribution in [0.5, 0.6) is 0 Å². The van der Waals surface area contributed by atoms with Gasteiger partial charge in [0.15, 0.2) is 0 Å². The van der Waals surface area contributed by atoms with Crippen LogP contribution >= 0.6 is 11.5 Å². The SMILES string of the molecule is CCC1NC(=O)c2c(C)nsc2N1. The van der Waals surface area contributed by atoms with Crippen LogP contribution in [0.15, 0.2) is 0 Å². The average Bonchev–Trinajstić information content (AvgIpc) is 2.48. The van der Waals surface area contributed by atoms with Crippen molar-refractivity contribution >= 4 is 22.4 Å². The van der Waals surface area contributed by atoms with Crippen molar-refractivity contribution in [2.45, 2.75) is 26.4 Å². The molecule has 0 bridgehead atoms. The van der Waals surface area contributed by atoms with E-state index in [-0.39, 0.29) is 12.1 Å². The molecule has 1 aliphatic rings. The Morgan fingerprint density at radius 1 is 1.54 bits per heavy atom. The van der Waals surface area contributed by atoms with Gasteiger partial charge in [0.1, 0.15) is 5.00 Å². The zero-order valence-electron chi connectivity index (χ0n) is 7.55. The van der Waals surface area contributed by atoms with E-state index in [1.165, 1.54) is 11.5 Å². The summed E-state index contributed by atoms with van der Waals surface area (Å²) >= 11 is 1.35. The number of carbonyl (C=O) groups excluding carboxylic acids is 1. The second kappa shape index (κ2) is 2.99. The molecule has 4 nitrogen and oxygen atoms in total. The van der Waals surface area contributed by atoms with Crippen LogP contribution in [0.2, 0.25) is 0 Å². The maximum Gasteiger partial charge on any atom is 0.257 e. The highest BCUT2D eigenvalue weighted by atomic mass is 32.1. The molecule has 1 unspecified atom stereocenters. The molecule has 0 spiro atoms. The van der Waals surface area contributed by atoms with Crippen molar-refractivity contribution in [3.8, 4) is 0 Å². The van der Waals surface area contributed by atoms with Gasteiger partial charge in [0.25, 0.3) is 5.91 Å². The fourth-order valence-corrected chi connectivity index (χ4v) is 2.21. The molecule has 2 heterocycles. The summed E-state index contributed by atoms with van der Waals surface area (Å²) in [7, 11) is 0. The molecule has 1 atom stereocenters. The monoisotopic (exact) mass is 197 g/mol. The molecule has 1 amide bonds. The number of nitrogens with zero attached hydrogens (tertiary/aromatic N) is 1. The second-order valence-corrected chi connectivity index (χ2v) is 3.82. The molecule has 0 saturated heterocycles. The minimum atomic E-state index is -0.00755. The van der Waals surface area contributed by atoms with Gasteiger partial charge < -0.3 is 10.6 Å². The third-order valence-corrected chi connectivity index (χ3v) is 2.98. The quantitative estimate of drug-likeness (QED) is 0.714. The van der Waals surface area contributed by atoms with Crippen molar-refractivity contribution in [3.63, 3.8) is 0 Å². The van der Waals surface area contributed by atoms with Gasteiger partial charge in [-0.15, -0.1) is 0 Å². The van der Waals surface area contributed by atoms with Crippen LogP contribution < -0.4 is 10.6 Å². The molecule has 0 saturated carbocycles. The highest BCUT2D eigenvalue weighted by Gasteiger charge is 2.26. The van der Waals surface area contributed by atoms with E-state index in [2.05, 4.69) is 15.0 Å². The highest BCUT2D eigenvalue weighted by Crippen LogP contribution is 2.27. The Kier molecular flexibility index (Phi) is 1.95. The maximum absolute atomic E-state index is 11.6. The first-order valence-electron chi connectivity index (χ1n) is 4.26. The molecule has 70 valence electrons. The highest BCUT2D eigenvalue weighted by molar-refractivity contribution is 7.10. The lowest BCUT2D eigenvalue weighted by Gasteiger charge is -2.24. The Labute approximate surface area is 80.5 Å². The summed E-state index contributed by atoms with van der Waals surface area (Å²) in [6, 6.07) is 0. The first-order valence-corrected chi connectivity index (χ1v) is 5.03. The largest absolute Gasteiger partial charge is 0.355 e. The number of aromatic nitrogens is 1. The van der Waals surface area contributed by atoms with Crippen molar-refractivity contribution in [1.82, 2.24) is 9.69 Å². The predicted octanol–water partition coefficient (Wildman–Crippen LogP) is 1.34. The lowest BCUT2D eigenvalue weighted by molar-refractivity contribution is 0.0935. The number of nitrogens with one attached hydrogen (secondary N) is 2. The summed E-state index contributed by atoms with van der Waals surface area (Å²) in [5.74, 6) is -0.00755. The van der Waals surface area contributed by atoms with Gasteiger partial charge in [0.05, 0.1) is 17.4 Å². The molecule has 0 radical (unpaired) electrons. The van der Waals surface area contributed by atoms with E-state index in [9.17, 15) is 4.79 Å². The van der Waals surface area contributed by atoms with Gasteiger partial charge in [0.2, 0.25) is 0 Å². The zero-order valence-corrected chi connectivity index (χ0v) is 8.36. The maximum atomic E-state index is 11.6. The smallest absolute Gasteiger partial charge is 0.257 e. The van der Waals surface area contributed by atoms with Crippen molar-refractivity contribution in [2.75, 3.05) is 5.32 Å². The fraction of sp³-hybridized carbons (Fsp3) is 0.500. The molecule has 0 fully saturated rings. The Balaban J connectivity index is 2.39.